The Balaban J connectivity index is 1.49. The summed E-state index contributed by atoms with van der Waals surface area (Å²) < 4.78 is 1.33. The molecule has 28 heavy (non-hydrogen) atoms. The second-order valence-electron chi connectivity index (χ2n) is 6.69. The molecular weight excluding hydrogens is 350 g/mol. The molecule has 0 atom stereocenters. The van der Waals surface area contributed by atoms with Crippen molar-refractivity contribution in [3.8, 4) is 11.1 Å². The molecule has 1 heterocycles. The maximum atomic E-state index is 12.6. The highest BCUT2D eigenvalue weighted by molar-refractivity contribution is 5.91. The number of hydrogen-bond donors (Lipinski definition) is 1. The van der Waals surface area contributed by atoms with E-state index in [-0.39, 0.29) is 18.0 Å². The van der Waals surface area contributed by atoms with Gasteiger partial charge in [-0.25, -0.2) is 4.98 Å². The van der Waals surface area contributed by atoms with E-state index >= 15 is 0 Å². The quantitative estimate of drug-likeness (QED) is 0.591. The minimum absolute atomic E-state index is 0.0872. The number of aryl methyl sites for hydroxylation is 1. The van der Waals surface area contributed by atoms with Gasteiger partial charge in [0.2, 0.25) is 5.91 Å². The van der Waals surface area contributed by atoms with Crippen molar-refractivity contribution in [2.24, 2.45) is 0 Å². The molecule has 4 rings (SSSR count). The minimum Gasteiger partial charge on any atom is -0.325 e. The monoisotopic (exact) mass is 369 g/mol. The molecule has 1 aromatic heterocycles. The van der Waals surface area contributed by atoms with Crippen molar-refractivity contribution in [2.45, 2.75) is 13.5 Å². The highest BCUT2D eigenvalue weighted by Gasteiger charge is 2.09. The Morgan fingerprint density at radius 1 is 0.964 bits per heavy atom. The molecule has 0 aliphatic rings. The van der Waals surface area contributed by atoms with Gasteiger partial charge in [0.1, 0.15) is 6.54 Å². The van der Waals surface area contributed by atoms with Crippen LogP contribution in [0.15, 0.2) is 83.9 Å². The Morgan fingerprint density at radius 2 is 1.68 bits per heavy atom. The lowest BCUT2D eigenvalue weighted by molar-refractivity contribution is -0.116. The van der Waals surface area contributed by atoms with Crippen LogP contribution < -0.4 is 10.9 Å². The summed E-state index contributed by atoms with van der Waals surface area (Å²) in [6.45, 7) is 1.83. The van der Waals surface area contributed by atoms with Crippen LogP contribution in [0.4, 0.5) is 5.69 Å². The number of hydrogen-bond acceptors (Lipinski definition) is 3. The number of amides is 1. The summed E-state index contributed by atoms with van der Waals surface area (Å²) in [5.74, 6) is -0.275. The van der Waals surface area contributed by atoms with Gasteiger partial charge in [-0.3, -0.25) is 14.2 Å². The van der Waals surface area contributed by atoms with Crippen LogP contribution in [-0.4, -0.2) is 15.5 Å². The fourth-order valence-electron chi connectivity index (χ4n) is 3.12. The van der Waals surface area contributed by atoms with Gasteiger partial charge in [0.15, 0.2) is 0 Å². The highest BCUT2D eigenvalue weighted by Crippen LogP contribution is 2.21. The smallest absolute Gasteiger partial charge is 0.261 e. The zero-order valence-corrected chi connectivity index (χ0v) is 15.4. The molecule has 0 fully saturated rings. The van der Waals surface area contributed by atoms with Crippen molar-refractivity contribution in [3.05, 3.63) is 95.0 Å². The predicted octanol–water partition coefficient (Wildman–Crippen LogP) is 4.01. The summed E-state index contributed by atoms with van der Waals surface area (Å²) in [6, 6.07) is 23.2. The Hall–Kier alpha value is -3.73. The van der Waals surface area contributed by atoms with E-state index in [0.717, 1.165) is 16.7 Å². The highest BCUT2D eigenvalue weighted by atomic mass is 16.2. The summed E-state index contributed by atoms with van der Waals surface area (Å²) in [5, 5.41) is 3.35. The SMILES string of the molecule is Cc1ccc2ncn(CC(=O)Nc3ccc(-c4ccccc4)cc3)c(=O)c2c1. The first-order valence-electron chi connectivity index (χ1n) is 9.01. The van der Waals surface area contributed by atoms with E-state index in [1.54, 1.807) is 6.07 Å². The molecule has 0 radical (unpaired) electrons. The van der Waals surface area contributed by atoms with Gasteiger partial charge in [0, 0.05) is 5.69 Å². The van der Waals surface area contributed by atoms with E-state index in [2.05, 4.69) is 10.3 Å². The molecule has 0 aliphatic heterocycles. The number of benzene rings is 3. The number of rotatable bonds is 4. The second-order valence-corrected chi connectivity index (χ2v) is 6.69. The third-order valence-electron chi connectivity index (χ3n) is 4.57. The van der Waals surface area contributed by atoms with Gasteiger partial charge >= 0.3 is 0 Å². The number of nitrogens with one attached hydrogen (secondary N) is 1. The topological polar surface area (TPSA) is 64.0 Å². The summed E-state index contributed by atoms with van der Waals surface area (Å²) in [4.78, 5) is 29.3. The Kier molecular flexibility index (Phi) is 4.72. The van der Waals surface area contributed by atoms with Gasteiger partial charge in [-0.05, 0) is 42.3 Å². The Labute approximate surface area is 162 Å². The van der Waals surface area contributed by atoms with Gasteiger partial charge < -0.3 is 5.32 Å². The van der Waals surface area contributed by atoms with Crippen LogP contribution in [0, 0.1) is 6.92 Å². The van der Waals surface area contributed by atoms with Crippen molar-refractivity contribution in [1.82, 2.24) is 9.55 Å². The third-order valence-corrected chi connectivity index (χ3v) is 4.57. The lowest BCUT2D eigenvalue weighted by Gasteiger charge is -2.09. The van der Waals surface area contributed by atoms with E-state index in [9.17, 15) is 9.59 Å². The second kappa shape index (κ2) is 7.48. The maximum absolute atomic E-state index is 12.6. The van der Waals surface area contributed by atoms with Gasteiger partial charge in [-0.2, -0.15) is 0 Å². The zero-order chi connectivity index (χ0) is 19.5. The number of carbonyl (C=O) groups excluding carboxylic acids is 1. The third kappa shape index (κ3) is 3.69. The number of carbonyl (C=O) groups is 1. The molecule has 0 unspecified atom stereocenters. The van der Waals surface area contributed by atoms with Crippen LogP contribution in [0.25, 0.3) is 22.0 Å². The Morgan fingerprint density at radius 3 is 2.43 bits per heavy atom. The minimum atomic E-state index is -0.275. The zero-order valence-electron chi connectivity index (χ0n) is 15.4. The van der Waals surface area contributed by atoms with Crippen LogP contribution in [0.1, 0.15) is 5.56 Å². The molecule has 0 saturated heterocycles. The number of fused-ring (bicyclic) bond motifs is 1. The Bertz CT molecular complexity index is 1200. The van der Waals surface area contributed by atoms with E-state index < -0.39 is 0 Å². The van der Waals surface area contributed by atoms with Crippen molar-refractivity contribution in [1.29, 1.82) is 0 Å². The molecule has 0 saturated carbocycles. The molecule has 0 bridgehead atoms. The fraction of sp³-hybridized carbons (Fsp3) is 0.0870. The number of anilines is 1. The van der Waals surface area contributed by atoms with Crippen LogP contribution in [0.5, 0.6) is 0 Å². The number of nitrogens with zero attached hydrogens (tertiary/aromatic N) is 2. The first-order chi connectivity index (χ1) is 13.6. The van der Waals surface area contributed by atoms with Crippen LogP contribution in [0.2, 0.25) is 0 Å². The summed E-state index contributed by atoms with van der Waals surface area (Å²) in [5.41, 5.74) is 4.26. The summed E-state index contributed by atoms with van der Waals surface area (Å²) >= 11 is 0. The molecule has 3 aromatic carbocycles. The van der Waals surface area contributed by atoms with Crippen LogP contribution in [-0.2, 0) is 11.3 Å². The van der Waals surface area contributed by atoms with Gasteiger partial charge in [-0.1, -0.05) is 54.1 Å². The molecular formula is C23H19N3O2. The molecule has 5 heteroatoms. The molecule has 1 N–H and O–H groups in total. The standard InChI is InChI=1S/C23H19N3O2/c1-16-7-12-21-20(13-16)23(28)26(15-24-21)14-22(27)25-19-10-8-18(9-11-19)17-5-3-2-4-6-17/h2-13,15H,14H2,1H3,(H,25,27). The lowest BCUT2D eigenvalue weighted by Crippen LogP contribution is -2.27. The van der Waals surface area contributed by atoms with Crippen molar-refractivity contribution >= 4 is 22.5 Å². The van der Waals surface area contributed by atoms with Crippen LogP contribution in [0.3, 0.4) is 0 Å². The first-order valence-corrected chi connectivity index (χ1v) is 9.01. The van der Waals surface area contributed by atoms with Crippen molar-refractivity contribution < 1.29 is 4.79 Å². The average molecular weight is 369 g/mol. The molecule has 138 valence electrons. The number of aromatic nitrogens is 2. The molecule has 0 aliphatic carbocycles. The van der Waals surface area contributed by atoms with Gasteiger partial charge in [0.25, 0.3) is 5.56 Å². The van der Waals surface area contributed by atoms with Crippen molar-refractivity contribution in [2.75, 3.05) is 5.32 Å². The molecule has 1 amide bonds. The van der Waals surface area contributed by atoms with Gasteiger partial charge in [-0.15, -0.1) is 0 Å². The molecule has 0 spiro atoms. The first kappa shape index (κ1) is 17.7. The maximum Gasteiger partial charge on any atom is 0.261 e. The average Bonchev–Trinajstić information content (AvgIpc) is 2.72. The van der Waals surface area contributed by atoms with Crippen molar-refractivity contribution in [3.63, 3.8) is 0 Å². The van der Waals surface area contributed by atoms with E-state index in [1.165, 1.54) is 10.9 Å². The molecule has 4 aromatic rings. The molecule has 5 nitrogen and oxygen atoms in total. The predicted molar refractivity (Wildman–Crippen MR) is 111 cm³/mol. The van der Waals surface area contributed by atoms with Crippen LogP contribution >= 0.6 is 0 Å². The summed E-state index contributed by atoms with van der Waals surface area (Å²) in [7, 11) is 0. The fourth-order valence-corrected chi connectivity index (χ4v) is 3.12. The van der Waals surface area contributed by atoms with E-state index in [4.69, 9.17) is 0 Å². The normalized spacial score (nSPS) is 10.8. The lowest BCUT2D eigenvalue weighted by atomic mass is 10.1. The van der Waals surface area contributed by atoms with E-state index in [0.29, 0.717) is 16.6 Å². The summed E-state index contributed by atoms with van der Waals surface area (Å²) in [6.07, 6.45) is 1.41. The largest absolute Gasteiger partial charge is 0.325 e. The van der Waals surface area contributed by atoms with Gasteiger partial charge in [0.05, 0.1) is 17.2 Å². The van der Waals surface area contributed by atoms with E-state index in [1.807, 2.05) is 73.7 Å².